The van der Waals surface area contributed by atoms with Crippen molar-refractivity contribution in [3.63, 3.8) is 0 Å². The van der Waals surface area contributed by atoms with E-state index in [0.29, 0.717) is 0 Å². The molecule has 16 heavy (non-hydrogen) atoms. The van der Waals surface area contributed by atoms with E-state index in [2.05, 4.69) is 47.8 Å². The van der Waals surface area contributed by atoms with Crippen LogP contribution >= 0.6 is 22.7 Å². The van der Waals surface area contributed by atoms with Gasteiger partial charge >= 0.3 is 0 Å². The van der Waals surface area contributed by atoms with Crippen LogP contribution in [-0.4, -0.2) is 0 Å². The van der Waals surface area contributed by atoms with E-state index in [1.165, 1.54) is 30.3 Å². The van der Waals surface area contributed by atoms with Crippen molar-refractivity contribution >= 4 is 52.9 Å². The summed E-state index contributed by atoms with van der Waals surface area (Å²) in [6.45, 7) is 0. The van der Waals surface area contributed by atoms with Crippen molar-refractivity contribution in [2.24, 2.45) is 0 Å². The minimum absolute atomic E-state index is 1.36. The van der Waals surface area contributed by atoms with Gasteiger partial charge in [-0.15, -0.1) is 22.7 Å². The fourth-order valence-electron chi connectivity index (χ4n) is 2.23. The first-order chi connectivity index (χ1) is 7.93. The summed E-state index contributed by atoms with van der Waals surface area (Å²) in [5, 5.41) is 6.34. The molecular weight excluding hydrogens is 232 g/mol. The summed E-state index contributed by atoms with van der Waals surface area (Å²) in [4.78, 5) is 0. The van der Waals surface area contributed by atoms with Gasteiger partial charge in [-0.25, -0.2) is 0 Å². The molecule has 0 aliphatic heterocycles. The van der Waals surface area contributed by atoms with Crippen LogP contribution in [0, 0.1) is 0 Å². The summed E-state index contributed by atoms with van der Waals surface area (Å²) in [7, 11) is 0. The van der Waals surface area contributed by atoms with Gasteiger partial charge < -0.3 is 0 Å². The number of rotatable bonds is 0. The highest BCUT2D eigenvalue weighted by atomic mass is 32.1. The van der Waals surface area contributed by atoms with E-state index >= 15 is 0 Å². The molecule has 0 spiro atoms. The molecule has 0 atom stereocenters. The molecule has 0 saturated carbocycles. The molecule has 0 bridgehead atoms. The monoisotopic (exact) mass is 240 g/mol. The van der Waals surface area contributed by atoms with E-state index in [0.717, 1.165) is 0 Å². The lowest BCUT2D eigenvalue weighted by Crippen LogP contribution is -1.59. The van der Waals surface area contributed by atoms with Crippen molar-refractivity contribution in [2.75, 3.05) is 0 Å². The first-order valence-electron chi connectivity index (χ1n) is 5.21. The van der Waals surface area contributed by atoms with Crippen LogP contribution in [0.4, 0.5) is 0 Å². The van der Waals surface area contributed by atoms with Crippen molar-refractivity contribution < 1.29 is 0 Å². The predicted molar refractivity (Wildman–Crippen MR) is 74.7 cm³/mol. The SMILES string of the molecule is c1ccc2c(c1)cc1c3scccc3sc21. The summed E-state index contributed by atoms with van der Waals surface area (Å²) < 4.78 is 4.27. The molecule has 76 valence electrons. The van der Waals surface area contributed by atoms with Crippen molar-refractivity contribution in [1.29, 1.82) is 0 Å². The van der Waals surface area contributed by atoms with E-state index in [9.17, 15) is 0 Å². The van der Waals surface area contributed by atoms with Crippen molar-refractivity contribution in [3.8, 4) is 0 Å². The second-order valence-electron chi connectivity index (χ2n) is 3.88. The van der Waals surface area contributed by atoms with Crippen molar-refractivity contribution in [1.82, 2.24) is 0 Å². The molecule has 0 unspecified atom stereocenters. The molecule has 0 fully saturated rings. The highest BCUT2D eigenvalue weighted by Gasteiger charge is 2.09. The zero-order valence-corrected chi connectivity index (χ0v) is 10.1. The first kappa shape index (κ1) is 8.74. The zero-order valence-electron chi connectivity index (χ0n) is 8.44. The van der Waals surface area contributed by atoms with E-state index < -0.39 is 0 Å². The molecule has 0 radical (unpaired) electrons. The van der Waals surface area contributed by atoms with Gasteiger partial charge in [0.15, 0.2) is 0 Å². The molecule has 0 saturated heterocycles. The minimum atomic E-state index is 1.36. The summed E-state index contributed by atoms with van der Waals surface area (Å²) in [6.07, 6.45) is 0. The van der Waals surface area contributed by atoms with Crippen LogP contribution in [0.1, 0.15) is 0 Å². The number of hydrogen-bond donors (Lipinski definition) is 0. The van der Waals surface area contributed by atoms with Gasteiger partial charge in [-0.05, 0) is 28.3 Å². The fraction of sp³-hybridized carbons (Fsp3) is 0. The van der Waals surface area contributed by atoms with Crippen LogP contribution in [0.3, 0.4) is 0 Å². The molecule has 4 aromatic rings. The molecule has 0 amide bonds. The van der Waals surface area contributed by atoms with Crippen LogP contribution in [0.2, 0.25) is 0 Å². The van der Waals surface area contributed by atoms with Crippen molar-refractivity contribution in [2.45, 2.75) is 0 Å². The van der Waals surface area contributed by atoms with Gasteiger partial charge in [-0.2, -0.15) is 0 Å². The maximum atomic E-state index is 2.32. The van der Waals surface area contributed by atoms with E-state index in [-0.39, 0.29) is 0 Å². The molecule has 2 heteroatoms. The second kappa shape index (κ2) is 3.06. The third kappa shape index (κ3) is 1.03. The lowest BCUT2D eigenvalue weighted by Gasteiger charge is -1.87. The minimum Gasteiger partial charge on any atom is -0.142 e. The average Bonchev–Trinajstić information content (AvgIpc) is 2.85. The summed E-state index contributed by atoms with van der Waals surface area (Å²) in [6, 6.07) is 15.3. The van der Waals surface area contributed by atoms with Gasteiger partial charge in [-0.3, -0.25) is 0 Å². The maximum Gasteiger partial charge on any atom is 0.0529 e. The fourth-order valence-corrected chi connectivity index (χ4v) is 4.46. The summed E-state index contributed by atoms with van der Waals surface area (Å²) in [5.41, 5.74) is 0. The Morgan fingerprint density at radius 3 is 2.75 bits per heavy atom. The quantitative estimate of drug-likeness (QED) is 0.393. The van der Waals surface area contributed by atoms with Crippen LogP contribution in [-0.2, 0) is 0 Å². The van der Waals surface area contributed by atoms with E-state index in [1.807, 2.05) is 22.7 Å². The molecule has 0 aliphatic rings. The smallest absolute Gasteiger partial charge is 0.0529 e. The molecule has 2 aromatic heterocycles. The molecule has 0 aliphatic carbocycles. The first-order valence-corrected chi connectivity index (χ1v) is 6.90. The van der Waals surface area contributed by atoms with Gasteiger partial charge in [0.2, 0.25) is 0 Å². The molecular formula is C14H8S2. The normalized spacial score (nSPS) is 11.8. The van der Waals surface area contributed by atoms with Gasteiger partial charge in [0.1, 0.15) is 0 Å². The van der Waals surface area contributed by atoms with Crippen LogP contribution in [0.5, 0.6) is 0 Å². The van der Waals surface area contributed by atoms with Crippen LogP contribution in [0.25, 0.3) is 30.3 Å². The Bertz CT molecular complexity index is 735. The van der Waals surface area contributed by atoms with Crippen molar-refractivity contribution in [3.05, 3.63) is 47.8 Å². The molecule has 2 heterocycles. The largest absolute Gasteiger partial charge is 0.142 e. The summed E-state index contributed by atoms with van der Waals surface area (Å²) >= 11 is 3.75. The molecule has 0 nitrogen and oxygen atoms in total. The Labute approximate surface area is 101 Å². The topological polar surface area (TPSA) is 0 Å². The van der Waals surface area contributed by atoms with E-state index in [1.54, 1.807) is 0 Å². The highest BCUT2D eigenvalue weighted by Crippen LogP contribution is 2.41. The Kier molecular flexibility index (Phi) is 1.67. The van der Waals surface area contributed by atoms with Gasteiger partial charge in [-0.1, -0.05) is 30.3 Å². The maximum absolute atomic E-state index is 2.32. The standard InChI is InChI=1S/C14H8S2/c1-2-5-10-9(4-1)8-11-13(10)16-12-6-3-7-15-14(11)12/h1-8H. The predicted octanol–water partition coefficient (Wildman–Crippen LogP) is 5.27. The lowest BCUT2D eigenvalue weighted by molar-refractivity contribution is 1.85. The summed E-state index contributed by atoms with van der Waals surface area (Å²) in [5.74, 6) is 0. The lowest BCUT2D eigenvalue weighted by atomic mass is 10.2. The van der Waals surface area contributed by atoms with E-state index in [4.69, 9.17) is 0 Å². The number of hydrogen-bond acceptors (Lipinski definition) is 2. The average molecular weight is 240 g/mol. The third-order valence-electron chi connectivity index (χ3n) is 2.94. The highest BCUT2D eigenvalue weighted by molar-refractivity contribution is 7.32. The number of thiophene rings is 1. The third-order valence-corrected chi connectivity index (χ3v) is 5.24. The Balaban J connectivity index is 2.35. The Morgan fingerprint density at radius 1 is 0.812 bits per heavy atom. The number of benzene rings is 1. The second-order valence-corrected chi connectivity index (χ2v) is 5.85. The number of fused-ring (bicyclic) bond motifs is 5. The zero-order chi connectivity index (χ0) is 10.5. The molecule has 4 rings (SSSR count). The van der Waals surface area contributed by atoms with Crippen LogP contribution < -0.4 is 0 Å². The van der Waals surface area contributed by atoms with Gasteiger partial charge in [0.05, 0.1) is 4.70 Å². The molecule has 2 aromatic carbocycles. The Hall–Kier alpha value is -1.38. The molecule has 0 N–H and O–H groups in total. The van der Waals surface area contributed by atoms with Crippen LogP contribution in [0.15, 0.2) is 47.8 Å². The van der Waals surface area contributed by atoms with Gasteiger partial charge in [0, 0.05) is 14.8 Å². The Morgan fingerprint density at radius 2 is 1.75 bits per heavy atom. The van der Waals surface area contributed by atoms with Gasteiger partial charge in [0.25, 0.3) is 0 Å².